The lowest BCUT2D eigenvalue weighted by molar-refractivity contribution is -0.138. The maximum absolute atomic E-state index is 13.2. The molecule has 0 bridgehead atoms. The number of rotatable bonds is 4. The minimum atomic E-state index is -4.48. The summed E-state index contributed by atoms with van der Waals surface area (Å²) in [7, 11) is 0. The number of halogens is 3. The van der Waals surface area contributed by atoms with Gasteiger partial charge in [0.25, 0.3) is 0 Å². The van der Waals surface area contributed by atoms with Crippen LogP contribution < -0.4 is 10.6 Å². The molecular weight excluding hydrogens is 407 g/mol. The van der Waals surface area contributed by atoms with E-state index in [1.807, 2.05) is 19.9 Å². The number of alkyl halides is 3. The molecule has 2 heterocycles. The molecule has 0 spiro atoms. The van der Waals surface area contributed by atoms with Gasteiger partial charge in [0.1, 0.15) is 11.9 Å². The maximum atomic E-state index is 13.2. The number of aliphatic hydroxyl groups is 1. The van der Waals surface area contributed by atoms with E-state index in [-0.39, 0.29) is 24.1 Å². The zero-order chi connectivity index (χ0) is 22.6. The molecule has 0 saturated heterocycles. The summed E-state index contributed by atoms with van der Waals surface area (Å²) >= 11 is 0. The van der Waals surface area contributed by atoms with Crippen molar-refractivity contribution in [2.45, 2.75) is 63.9 Å². The fraction of sp³-hybridized carbons (Fsp3) is 0.500. The first-order valence-electron chi connectivity index (χ1n) is 10.2. The second-order valence-electron chi connectivity index (χ2n) is 8.33. The third-order valence-electron chi connectivity index (χ3n) is 5.67. The Morgan fingerprint density at radius 3 is 2.74 bits per heavy atom. The Labute approximate surface area is 179 Å². The van der Waals surface area contributed by atoms with E-state index in [2.05, 4.69) is 26.7 Å². The predicted octanol–water partition coefficient (Wildman–Crippen LogP) is 3.81. The minimum Gasteiger partial charge on any atom is -0.390 e. The van der Waals surface area contributed by atoms with Crippen LogP contribution in [0, 0.1) is 17.2 Å². The van der Waals surface area contributed by atoms with Crippen LogP contribution in [-0.4, -0.2) is 27.6 Å². The van der Waals surface area contributed by atoms with E-state index >= 15 is 0 Å². The predicted molar refractivity (Wildman–Crippen MR) is 110 cm³/mol. The molecule has 1 aromatic rings. The van der Waals surface area contributed by atoms with Crippen LogP contribution in [0.25, 0.3) is 0 Å². The van der Waals surface area contributed by atoms with Crippen LogP contribution in [0.2, 0.25) is 0 Å². The summed E-state index contributed by atoms with van der Waals surface area (Å²) in [6.07, 6.45) is 4.11. The lowest BCUT2D eigenvalue weighted by Crippen LogP contribution is -2.39. The molecule has 1 saturated carbocycles. The average molecular weight is 433 g/mol. The summed E-state index contributed by atoms with van der Waals surface area (Å²) in [6.45, 7) is 3.51. The number of aromatic nitrogens is 1. The zero-order valence-corrected chi connectivity index (χ0v) is 17.5. The second kappa shape index (κ2) is 9.10. The highest BCUT2D eigenvalue weighted by atomic mass is 19.4. The first kappa shape index (κ1) is 22.8. The summed E-state index contributed by atoms with van der Waals surface area (Å²) in [5.41, 5.74) is -0.363. The highest BCUT2D eigenvalue weighted by molar-refractivity contribution is 5.88. The van der Waals surface area contributed by atoms with Gasteiger partial charge in [0.2, 0.25) is 0 Å². The zero-order valence-electron chi connectivity index (χ0n) is 17.5. The molecule has 0 amide bonds. The van der Waals surface area contributed by atoms with E-state index in [1.54, 1.807) is 0 Å². The quantitative estimate of drug-likeness (QED) is 0.671. The van der Waals surface area contributed by atoms with E-state index in [9.17, 15) is 23.5 Å². The number of aliphatic imine (C=N–C) groups is 1. The third-order valence-corrected chi connectivity index (χ3v) is 5.67. The topological polar surface area (TPSA) is 93.3 Å². The molecule has 3 rings (SSSR count). The van der Waals surface area contributed by atoms with Gasteiger partial charge in [-0.2, -0.15) is 18.4 Å². The number of nitrogens with one attached hydrogen (secondary N) is 2. The summed E-state index contributed by atoms with van der Waals surface area (Å²) in [5.74, 6) is 0.218. The molecule has 0 radical (unpaired) electrons. The highest BCUT2D eigenvalue weighted by Gasteiger charge is 2.33. The molecule has 1 atom stereocenters. The number of amidine groups is 1. The van der Waals surface area contributed by atoms with Gasteiger partial charge in [0, 0.05) is 36.1 Å². The van der Waals surface area contributed by atoms with Crippen molar-refractivity contribution in [1.29, 1.82) is 5.26 Å². The smallest absolute Gasteiger partial charge is 0.390 e. The molecular formula is C22H26F3N5O. The van der Waals surface area contributed by atoms with Crippen molar-refractivity contribution in [2.75, 3.05) is 0 Å². The van der Waals surface area contributed by atoms with E-state index in [4.69, 9.17) is 0 Å². The largest absolute Gasteiger partial charge is 0.416 e. The number of hydrogen-bond donors (Lipinski definition) is 3. The van der Waals surface area contributed by atoms with Gasteiger partial charge in [0.05, 0.1) is 29.0 Å². The van der Waals surface area contributed by atoms with Crippen LogP contribution in [-0.2, 0) is 12.7 Å². The molecule has 6 nitrogen and oxygen atoms in total. The Hall–Kier alpha value is -2.86. The van der Waals surface area contributed by atoms with Crippen molar-refractivity contribution in [2.24, 2.45) is 10.9 Å². The fourth-order valence-corrected chi connectivity index (χ4v) is 3.79. The molecule has 9 heteroatoms. The monoisotopic (exact) mass is 433 g/mol. The van der Waals surface area contributed by atoms with Gasteiger partial charge >= 0.3 is 6.18 Å². The van der Waals surface area contributed by atoms with E-state index in [0.29, 0.717) is 29.9 Å². The van der Waals surface area contributed by atoms with Gasteiger partial charge in [-0.3, -0.25) is 9.98 Å². The molecule has 1 fully saturated rings. The lowest BCUT2D eigenvalue weighted by atomic mass is 9.83. The van der Waals surface area contributed by atoms with Crippen molar-refractivity contribution >= 4 is 5.84 Å². The normalized spacial score (nSPS) is 28.1. The van der Waals surface area contributed by atoms with Gasteiger partial charge in [0.15, 0.2) is 0 Å². The Morgan fingerprint density at radius 2 is 2.10 bits per heavy atom. The number of nitrogens with zero attached hydrogens (tertiary/aromatic N) is 3. The van der Waals surface area contributed by atoms with Crippen molar-refractivity contribution in [3.05, 3.63) is 53.1 Å². The van der Waals surface area contributed by atoms with Crippen LogP contribution in [0.4, 0.5) is 13.2 Å². The lowest BCUT2D eigenvalue weighted by Gasteiger charge is -2.34. The van der Waals surface area contributed by atoms with E-state index < -0.39 is 17.3 Å². The van der Waals surface area contributed by atoms with Gasteiger partial charge in [-0.05, 0) is 44.7 Å². The number of nitriles is 1. The number of hydrogen-bond acceptors (Lipinski definition) is 5. The number of allylic oxidation sites excluding steroid dienone is 1. The van der Waals surface area contributed by atoms with Crippen LogP contribution in [0.15, 0.2) is 47.0 Å². The Morgan fingerprint density at radius 1 is 1.39 bits per heavy atom. The van der Waals surface area contributed by atoms with Crippen molar-refractivity contribution in [1.82, 2.24) is 15.6 Å². The van der Waals surface area contributed by atoms with Gasteiger partial charge in [-0.25, -0.2) is 0 Å². The van der Waals surface area contributed by atoms with Gasteiger partial charge in [-0.1, -0.05) is 6.92 Å². The molecule has 1 aromatic heterocycles. The Kier molecular flexibility index (Phi) is 6.70. The van der Waals surface area contributed by atoms with Gasteiger partial charge in [-0.15, -0.1) is 0 Å². The SMILES string of the molecule is C[C@H]1C=C(NC2CCC(C)(O)CC2)C(C#N)=CNC1=NCc1cnccc1C(F)(F)F. The molecule has 0 unspecified atom stereocenters. The van der Waals surface area contributed by atoms with Gasteiger partial charge < -0.3 is 15.7 Å². The molecule has 166 valence electrons. The Balaban J connectivity index is 1.77. The fourth-order valence-electron chi connectivity index (χ4n) is 3.79. The number of pyridine rings is 1. The maximum Gasteiger partial charge on any atom is 0.416 e. The molecule has 1 aliphatic heterocycles. The third kappa shape index (κ3) is 5.85. The molecule has 0 aromatic carbocycles. The van der Waals surface area contributed by atoms with Crippen LogP contribution in [0.5, 0.6) is 0 Å². The second-order valence-corrected chi connectivity index (χ2v) is 8.33. The van der Waals surface area contributed by atoms with Crippen LogP contribution >= 0.6 is 0 Å². The van der Waals surface area contributed by atoms with Crippen LogP contribution in [0.3, 0.4) is 0 Å². The molecule has 2 aliphatic rings. The molecule has 1 aliphatic carbocycles. The van der Waals surface area contributed by atoms with E-state index in [1.165, 1.54) is 12.4 Å². The van der Waals surface area contributed by atoms with Crippen molar-refractivity contribution < 1.29 is 18.3 Å². The minimum absolute atomic E-state index is 0.0122. The molecule has 31 heavy (non-hydrogen) atoms. The Bertz CT molecular complexity index is 933. The summed E-state index contributed by atoms with van der Waals surface area (Å²) in [6, 6.07) is 3.23. The standard InChI is InChI=1S/C22H26F3N5O/c1-14-9-19(30-17-3-6-21(2,31)7-4-17)15(10-26)12-28-20(14)29-13-16-11-27-8-5-18(16)22(23,24)25/h5,8-9,11-12,14,17,30-31H,3-4,6-7,13H2,1-2H3,(H,28,29)/t14-,17?,21?/m0/s1. The summed E-state index contributed by atoms with van der Waals surface area (Å²) in [5, 5.41) is 26.1. The summed E-state index contributed by atoms with van der Waals surface area (Å²) < 4.78 is 39.6. The summed E-state index contributed by atoms with van der Waals surface area (Å²) in [4.78, 5) is 8.13. The van der Waals surface area contributed by atoms with Crippen molar-refractivity contribution in [3.8, 4) is 6.07 Å². The van der Waals surface area contributed by atoms with E-state index in [0.717, 1.165) is 25.1 Å². The van der Waals surface area contributed by atoms with Crippen molar-refractivity contribution in [3.63, 3.8) is 0 Å². The first-order chi connectivity index (χ1) is 14.6. The molecule has 3 N–H and O–H groups in total. The first-order valence-corrected chi connectivity index (χ1v) is 10.2. The average Bonchev–Trinajstić information content (AvgIpc) is 2.85. The van der Waals surface area contributed by atoms with Crippen LogP contribution in [0.1, 0.15) is 50.7 Å². The highest BCUT2D eigenvalue weighted by Crippen LogP contribution is 2.32.